The van der Waals surface area contributed by atoms with Crippen LogP contribution in [0.2, 0.25) is 0 Å². The number of amides is 2. The third kappa shape index (κ3) is 6.15. The smallest absolute Gasteiger partial charge is 0.249 e. The first-order chi connectivity index (χ1) is 14.6. The third-order valence-corrected chi connectivity index (χ3v) is 7.82. The van der Waals surface area contributed by atoms with Crippen LogP contribution in [0, 0.1) is 23.7 Å². The van der Waals surface area contributed by atoms with Crippen LogP contribution < -0.4 is 16.7 Å². The van der Waals surface area contributed by atoms with Crippen LogP contribution in [0.4, 0.5) is 0 Å². The minimum atomic E-state index is -3.91. The Bertz CT molecular complexity index is 897. The summed E-state index contributed by atoms with van der Waals surface area (Å²) in [5.74, 6) is 1.52. The summed E-state index contributed by atoms with van der Waals surface area (Å²) in [6, 6.07) is 9.13. The SMILES string of the molecule is CC(C)C[C@@H](C(=O)NN)[C@@H](C(=O)NO)C(/C=C/c1ccccc1)(CC1CC1)S(C)(=O)=O. The van der Waals surface area contributed by atoms with E-state index in [0.29, 0.717) is 0 Å². The Morgan fingerprint density at radius 1 is 1.23 bits per heavy atom. The number of hydrazine groups is 1. The van der Waals surface area contributed by atoms with E-state index >= 15 is 0 Å². The van der Waals surface area contributed by atoms with Gasteiger partial charge in [0.05, 0.1) is 11.8 Å². The highest BCUT2D eigenvalue weighted by molar-refractivity contribution is 7.92. The molecular weight excluding hydrogens is 418 g/mol. The van der Waals surface area contributed by atoms with Crippen LogP contribution in [0.25, 0.3) is 6.08 Å². The van der Waals surface area contributed by atoms with Crippen molar-refractivity contribution >= 4 is 27.7 Å². The maximum Gasteiger partial charge on any atom is 0.249 e. The highest BCUT2D eigenvalue weighted by Crippen LogP contribution is 2.47. The monoisotopic (exact) mass is 451 g/mol. The lowest BCUT2D eigenvalue weighted by molar-refractivity contribution is -0.142. The van der Waals surface area contributed by atoms with Crippen LogP contribution in [0.15, 0.2) is 36.4 Å². The normalized spacial score (nSPS) is 18.4. The summed E-state index contributed by atoms with van der Waals surface area (Å²) in [6.45, 7) is 3.74. The van der Waals surface area contributed by atoms with Gasteiger partial charge in [0.2, 0.25) is 11.8 Å². The molecule has 1 aromatic carbocycles. The quantitative estimate of drug-likeness (QED) is 0.176. The van der Waals surface area contributed by atoms with Gasteiger partial charge in [0.15, 0.2) is 9.84 Å². The van der Waals surface area contributed by atoms with Gasteiger partial charge in [0.25, 0.3) is 0 Å². The molecule has 1 saturated carbocycles. The summed E-state index contributed by atoms with van der Waals surface area (Å²) in [7, 11) is -3.91. The molecule has 0 radical (unpaired) electrons. The zero-order valence-electron chi connectivity index (χ0n) is 18.2. The maximum absolute atomic E-state index is 13.3. The molecule has 1 aliphatic carbocycles. The van der Waals surface area contributed by atoms with Gasteiger partial charge in [-0.05, 0) is 30.2 Å². The minimum absolute atomic E-state index is 0.0208. The molecule has 0 spiro atoms. The van der Waals surface area contributed by atoms with Crippen molar-refractivity contribution in [3.8, 4) is 0 Å². The van der Waals surface area contributed by atoms with Crippen molar-refractivity contribution in [1.29, 1.82) is 0 Å². The van der Waals surface area contributed by atoms with E-state index in [-0.39, 0.29) is 24.7 Å². The fourth-order valence-corrected chi connectivity index (χ4v) is 5.79. The molecule has 9 heteroatoms. The summed E-state index contributed by atoms with van der Waals surface area (Å²) in [5.41, 5.74) is 4.45. The molecule has 0 saturated heterocycles. The number of hydrogen-bond acceptors (Lipinski definition) is 6. The van der Waals surface area contributed by atoms with Crippen LogP contribution in [-0.2, 0) is 19.4 Å². The molecule has 5 N–H and O–H groups in total. The van der Waals surface area contributed by atoms with Gasteiger partial charge in [-0.2, -0.15) is 0 Å². The van der Waals surface area contributed by atoms with E-state index in [1.165, 1.54) is 6.08 Å². The molecule has 2 rings (SSSR count). The van der Waals surface area contributed by atoms with Crippen molar-refractivity contribution in [3.63, 3.8) is 0 Å². The fourth-order valence-electron chi connectivity index (χ4n) is 4.20. The molecule has 31 heavy (non-hydrogen) atoms. The third-order valence-electron chi connectivity index (χ3n) is 5.88. The molecule has 0 aliphatic heterocycles. The lowest BCUT2D eigenvalue weighted by Crippen LogP contribution is -2.57. The summed E-state index contributed by atoms with van der Waals surface area (Å²) >= 11 is 0. The molecule has 1 aromatic rings. The number of benzene rings is 1. The van der Waals surface area contributed by atoms with E-state index in [1.54, 1.807) is 11.6 Å². The standard InChI is InChI=1S/C22H33N3O5S/c1-15(2)13-18(20(26)24-23)19(21(27)25-28)22(31(3,29)30,14-17-9-10-17)12-11-16-7-5-4-6-8-16/h4-8,11-12,15,17-19,28H,9-10,13-14,23H2,1-3H3,(H,24,26)(H,25,27)/b12-11+/t18-,19+,22?/m1/s1. The van der Waals surface area contributed by atoms with Gasteiger partial charge >= 0.3 is 0 Å². The summed E-state index contributed by atoms with van der Waals surface area (Å²) < 4.78 is 25.0. The molecule has 3 atom stereocenters. The van der Waals surface area contributed by atoms with Crippen molar-refractivity contribution in [2.45, 2.75) is 44.3 Å². The Morgan fingerprint density at radius 2 is 1.84 bits per heavy atom. The molecule has 172 valence electrons. The predicted octanol–water partition coefficient (Wildman–Crippen LogP) is 2.06. The van der Waals surface area contributed by atoms with Crippen LogP contribution >= 0.6 is 0 Å². The molecule has 2 amide bonds. The first-order valence-electron chi connectivity index (χ1n) is 10.4. The van der Waals surface area contributed by atoms with Gasteiger partial charge in [-0.25, -0.2) is 19.7 Å². The zero-order valence-corrected chi connectivity index (χ0v) is 19.1. The average molecular weight is 452 g/mol. The lowest BCUT2D eigenvalue weighted by atomic mass is 9.73. The van der Waals surface area contributed by atoms with Crippen LogP contribution in [-0.4, -0.2) is 36.4 Å². The second-order valence-corrected chi connectivity index (χ2v) is 11.1. The van der Waals surface area contributed by atoms with Gasteiger partial charge in [0, 0.05) is 6.26 Å². The van der Waals surface area contributed by atoms with Crippen molar-refractivity contribution in [2.75, 3.05) is 6.26 Å². The van der Waals surface area contributed by atoms with Crippen molar-refractivity contribution in [2.24, 2.45) is 29.5 Å². The lowest BCUT2D eigenvalue weighted by Gasteiger charge is -2.40. The summed E-state index contributed by atoms with van der Waals surface area (Å²) in [5, 5.41) is 9.53. The van der Waals surface area contributed by atoms with Gasteiger partial charge in [-0.15, -0.1) is 0 Å². The minimum Gasteiger partial charge on any atom is -0.294 e. The summed E-state index contributed by atoms with van der Waals surface area (Å²) in [6.07, 6.45) is 6.36. The van der Waals surface area contributed by atoms with Gasteiger partial charge < -0.3 is 0 Å². The Hall–Kier alpha value is -2.23. The number of hydrogen-bond donors (Lipinski definition) is 4. The summed E-state index contributed by atoms with van der Waals surface area (Å²) in [4.78, 5) is 25.7. The van der Waals surface area contributed by atoms with E-state index in [2.05, 4.69) is 5.43 Å². The highest BCUT2D eigenvalue weighted by atomic mass is 32.2. The average Bonchev–Trinajstić information content (AvgIpc) is 3.54. The molecule has 1 unspecified atom stereocenters. The second kappa shape index (κ2) is 10.4. The molecule has 1 aliphatic rings. The van der Waals surface area contributed by atoms with E-state index in [0.717, 1.165) is 24.7 Å². The number of rotatable bonds is 11. The number of carbonyl (C=O) groups excluding carboxylic acids is 2. The number of hydroxylamine groups is 1. The van der Waals surface area contributed by atoms with E-state index in [1.807, 2.05) is 44.2 Å². The second-order valence-electron chi connectivity index (χ2n) is 8.82. The molecular formula is C22H33N3O5S. The molecule has 0 heterocycles. The number of nitrogens with one attached hydrogen (secondary N) is 2. The molecule has 8 nitrogen and oxygen atoms in total. The topological polar surface area (TPSA) is 139 Å². The molecule has 1 fully saturated rings. The Morgan fingerprint density at radius 3 is 2.29 bits per heavy atom. The Balaban J connectivity index is 2.73. The fraction of sp³-hybridized carbons (Fsp3) is 0.545. The maximum atomic E-state index is 13.3. The molecule has 0 aromatic heterocycles. The van der Waals surface area contributed by atoms with Gasteiger partial charge in [0.1, 0.15) is 4.75 Å². The predicted molar refractivity (Wildman–Crippen MR) is 119 cm³/mol. The van der Waals surface area contributed by atoms with Crippen molar-refractivity contribution in [1.82, 2.24) is 10.9 Å². The van der Waals surface area contributed by atoms with Crippen molar-refractivity contribution in [3.05, 3.63) is 42.0 Å². The van der Waals surface area contributed by atoms with Gasteiger partial charge in [-0.1, -0.05) is 69.2 Å². The highest BCUT2D eigenvalue weighted by Gasteiger charge is 2.56. The number of sulfone groups is 1. The van der Waals surface area contributed by atoms with E-state index in [9.17, 15) is 23.2 Å². The Labute approximate surface area is 184 Å². The van der Waals surface area contributed by atoms with Crippen LogP contribution in [0.3, 0.4) is 0 Å². The first kappa shape index (κ1) is 25.0. The largest absolute Gasteiger partial charge is 0.294 e. The van der Waals surface area contributed by atoms with Crippen molar-refractivity contribution < 1.29 is 23.2 Å². The van der Waals surface area contributed by atoms with Crippen LogP contribution in [0.1, 0.15) is 45.1 Å². The van der Waals surface area contributed by atoms with E-state index in [4.69, 9.17) is 5.84 Å². The van der Waals surface area contributed by atoms with Crippen LogP contribution in [0.5, 0.6) is 0 Å². The zero-order chi connectivity index (χ0) is 23.2. The Kier molecular flexibility index (Phi) is 8.39. The van der Waals surface area contributed by atoms with E-state index < -0.39 is 38.2 Å². The first-order valence-corrected chi connectivity index (χ1v) is 12.3. The van der Waals surface area contributed by atoms with Gasteiger partial charge in [-0.3, -0.25) is 20.2 Å². The number of nitrogens with two attached hydrogens (primary N) is 1. The molecule has 0 bridgehead atoms. The number of carbonyl (C=O) groups is 2.